The molecular formula is C23H26N2O3S. The molecule has 0 spiro atoms. The van der Waals surface area contributed by atoms with Crippen LogP contribution in [0.2, 0.25) is 0 Å². The van der Waals surface area contributed by atoms with Crippen LogP contribution in [0.3, 0.4) is 0 Å². The number of nitrogens with one attached hydrogen (secondary N) is 1. The van der Waals surface area contributed by atoms with Gasteiger partial charge in [-0.1, -0.05) is 11.8 Å². The van der Waals surface area contributed by atoms with E-state index in [1.165, 1.54) is 0 Å². The molecule has 2 fully saturated rings. The largest absolute Gasteiger partial charge is 0.497 e. The highest BCUT2D eigenvalue weighted by Gasteiger charge is 2.36. The second kappa shape index (κ2) is 8.91. The van der Waals surface area contributed by atoms with Crippen LogP contribution in [0.15, 0.2) is 58.3 Å². The minimum Gasteiger partial charge on any atom is -0.497 e. The van der Waals surface area contributed by atoms with Crippen molar-refractivity contribution in [3.05, 3.63) is 48.5 Å². The summed E-state index contributed by atoms with van der Waals surface area (Å²) in [5.74, 6) is 1.18. The molecule has 1 aliphatic heterocycles. The van der Waals surface area contributed by atoms with Gasteiger partial charge in [0.15, 0.2) is 0 Å². The van der Waals surface area contributed by atoms with Crippen molar-refractivity contribution in [1.82, 2.24) is 4.90 Å². The van der Waals surface area contributed by atoms with E-state index in [0.717, 1.165) is 53.5 Å². The first-order valence-electron chi connectivity index (χ1n) is 10.1. The molecular weight excluding hydrogens is 384 g/mol. The van der Waals surface area contributed by atoms with Gasteiger partial charge in [-0.25, -0.2) is 0 Å². The summed E-state index contributed by atoms with van der Waals surface area (Å²) in [6.07, 6.45) is 3.75. The maximum absolute atomic E-state index is 12.7. The van der Waals surface area contributed by atoms with E-state index >= 15 is 0 Å². The molecule has 2 aliphatic rings. The van der Waals surface area contributed by atoms with Crippen molar-refractivity contribution < 1.29 is 14.3 Å². The van der Waals surface area contributed by atoms with Gasteiger partial charge in [-0.3, -0.25) is 9.59 Å². The van der Waals surface area contributed by atoms with Crippen molar-refractivity contribution in [2.45, 2.75) is 35.5 Å². The molecule has 0 radical (unpaired) electrons. The Hall–Kier alpha value is -2.47. The lowest BCUT2D eigenvalue weighted by Gasteiger charge is -2.32. The number of carbonyl (C=O) groups is 2. The second-order valence-corrected chi connectivity index (χ2v) is 8.84. The lowest BCUT2D eigenvalue weighted by Crippen LogP contribution is -2.44. The second-order valence-electron chi connectivity index (χ2n) is 7.69. The number of amides is 2. The van der Waals surface area contributed by atoms with E-state index in [4.69, 9.17) is 4.74 Å². The monoisotopic (exact) mass is 410 g/mol. The Balaban J connectivity index is 1.31. The third-order valence-corrected chi connectivity index (χ3v) is 6.46. The van der Waals surface area contributed by atoms with E-state index < -0.39 is 0 Å². The van der Waals surface area contributed by atoms with Crippen LogP contribution in [0.5, 0.6) is 5.75 Å². The van der Waals surface area contributed by atoms with E-state index in [0.29, 0.717) is 6.54 Å². The molecule has 5 nitrogen and oxygen atoms in total. The Kier molecular flexibility index (Phi) is 6.09. The summed E-state index contributed by atoms with van der Waals surface area (Å²) in [6.45, 7) is 1.34. The lowest BCUT2D eigenvalue weighted by atomic mass is 9.96. The molecule has 0 bridgehead atoms. The van der Waals surface area contributed by atoms with Gasteiger partial charge in [-0.05, 0) is 74.2 Å². The Labute approximate surface area is 175 Å². The molecule has 4 rings (SSSR count). The number of nitrogens with zero attached hydrogens (tertiary/aromatic N) is 1. The molecule has 1 saturated heterocycles. The van der Waals surface area contributed by atoms with Crippen LogP contribution in [0, 0.1) is 11.8 Å². The van der Waals surface area contributed by atoms with Gasteiger partial charge in [0, 0.05) is 34.5 Å². The topological polar surface area (TPSA) is 58.6 Å². The number of rotatable bonds is 6. The number of ether oxygens (including phenoxy) is 1. The molecule has 1 heterocycles. The molecule has 2 aromatic carbocycles. The minimum absolute atomic E-state index is 0.00820. The summed E-state index contributed by atoms with van der Waals surface area (Å²) < 4.78 is 5.19. The van der Waals surface area contributed by atoms with Crippen molar-refractivity contribution in [2.24, 2.45) is 11.8 Å². The van der Waals surface area contributed by atoms with E-state index in [1.807, 2.05) is 53.4 Å². The van der Waals surface area contributed by atoms with Gasteiger partial charge in [-0.2, -0.15) is 0 Å². The molecule has 2 aromatic rings. The number of methoxy groups -OCH3 is 1. The first-order chi connectivity index (χ1) is 14.1. The highest BCUT2D eigenvalue weighted by Crippen LogP contribution is 2.33. The number of likely N-dealkylation sites (tertiary alicyclic amines) is 1. The Morgan fingerprint density at radius 1 is 0.966 bits per heavy atom. The number of hydrogen-bond donors (Lipinski definition) is 1. The van der Waals surface area contributed by atoms with Crippen molar-refractivity contribution >= 4 is 29.3 Å². The van der Waals surface area contributed by atoms with Crippen LogP contribution in [-0.2, 0) is 9.59 Å². The number of carbonyl (C=O) groups excluding carboxylic acids is 2. The lowest BCUT2D eigenvalue weighted by molar-refractivity contribution is -0.135. The SMILES string of the molecule is COc1ccc(Sc2ccc(NC(=O)C3CCCN(C(=O)C4CC4)C3)cc2)cc1. The van der Waals surface area contributed by atoms with Crippen LogP contribution >= 0.6 is 11.8 Å². The first kappa shape index (κ1) is 19.8. The molecule has 6 heteroatoms. The van der Waals surface area contributed by atoms with Crippen molar-refractivity contribution in [3.63, 3.8) is 0 Å². The average Bonchev–Trinajstić information content (AvgIpc) is 3.61. The van der Waals surface area contributed by atoms with Gasteiger partial charge in [0.25, 0.3) is 0 Å². The van der Waals surface area contributed by atoms with Crippen LogP contribution < -0.4 is 10.1 Å². The summed E-state index contributed by atoms with van der Waals surface area (Å²) in [5.41, 5.74) is 0.791. The Morgan fingerprint density at radius 2 is 1.62 bits per heavy atom. The normalized spacial score (nSPS) is 18.9. The third-order valence-electron chi connectivity index (χ3n) is 5.45. The number of piperidine rings is 1. The van der Waals surface area contributed by atoms with Crippen molar-refractivity contribution in [1.29, 1.82) is 0 Å². The fraction of sp³-hybridized carbons (Fsp3) is 0.391. The average molecular weight is 411 g/mol. The predicted octanol–water partition coefficient (Wildman–Crippen LogP) is 4.43. The quantitative estimate of drug-likeness (QED) is 0.765. The molecule has 2 amide bonds. The predicted molar refractivity (Wildman–Crippen MR) is 114 cm³/mol. The van der Waals surface area contributed by atoms with E-state index in [-0.39, 0.29) is 23.7 Å². The van der Waals surface area contributed by atoms with Gasteiger partial charge < -0.3 is 15.0 Å². The molecule has 29 heavy (non-hydrogen) atoms. The van der Waals surface area contributed by atoms with Crippen molar-refractivity contribution in [2.75, 3.05) is 25.5 Å². The summed E-state index contributed by atoms with van der Waals surface area (Å²) in [4.78, 5) is 29.1. The third kappa shape index (κ3) is 5.12. The molecule has 1 unspecified atom stereocenters. The zero-order valence-electron chi connectivity index (χ0n) is 16.6. The zero-order valence-corrected chi connectivity index (χ0v) is 17.4. The molecule has 1 N–H and O–H groups in total. The van der Waals surface area contributed by atoms with E-state index in [9.17, 15) is 9.59 Å². The number of benzene rings is 2. The summed E-state index contributed by atoms with van der Waals surface area (Å²) >= 11 is 1.66. The number of anilines is 1. The van der Waals surface area contributed by atoms with Crippen LogP contribution in [-0.4, -0.2) is 36.9 Å². The van der Waals surface area contributed by atoms with E-state index in [2.05, 4.69) is 5.32 Å². The van der Waals surface area contributed by atoms with Crippen molar-refractivity contribution in [3.8, 4) is 5.75 Å². The molecule has 1 atom stereocenters. The molecule has 152 valence electrons. The van der Waals surface area contributed by atoms with Gasteiger partial charge >= 0.3 is 0 Å². The highest BCUT2D eigenvalue weighted by molar-refractivity contribution is 7.99. The summed E-state index contributed by atoms with van der Waals surface area (Å²) in [7, 11) is 1.66. The van der Waals surface area contributed by atoms with Crippen LogP contribution in [0.4, 0.5) is 5.69 Å². The first-order valence-corrected chi connectivity index (χ1v) is 11.0. The molecule has 1 saturated carbocycles. The van der Waals surface area contributed by atoms with Gasteiger partial charge in [0.1, 0.15) is 5.75 Å². The van der Waals surface area contributed by atoms with Crippen LogP contribution in [0.25, 0.3) is 0 Å². The van der Waals surface area contributed by atoms with E-state index in [1.54, 1.807) is 18.9 Å². The minimum atomic E-state index is -0.125. The summed E-state index contributed by atoms with van der Waals surface area (Å²) in [5, 5.41) is 3.02. The van der Waals surface area contributed by atoms with Gasteiger partial charge in [0.2, 0.25) is 11.8 Å². The smallest absolute Gasteiger partial charge is 0.229 e. The zero-order chi connectivity index (χ0) is 20.2. The van der Waals surface area contributed by atoms with Gasteiger partial charge in [0.05, 0.1) is 13.0 Å². The maximum Gasteiger partial charge on any atom is 0.229 e. The fourth-order valence-electron chi connectivity index (χ4n) is 3.61. The standard InChI is InChI=1S/C23H26N2O3S/c1-28-19-8-12-21(13-9-19)29-20-10-6-18(7-11-20)24-22(26)17-3-2-14-25(15-17)23(27)16-4-5-16/h6-13,16-17H,2-5,14-15H2,1H3,(H,24,26). The maximum atomic E-state index is 12.7. The fourth-order valence-corrected chi connectivity index (χ4v) is 4.43. The highest BCUT2D eigenvalue weighted by atomic mass is 32.2. The Bertz CT molecular complexity index is 863. The van der Waals surface area contributed by atoms with Crippen LogP contribution in [0.1, 0.15) is 25.7 Å². The number of hydrogen-bond acceptors (Lipinski definition) is 4. The Morgan fingerprint density at radius 3 is 2.24 bits per heavy atom. The molecule has 1 aliphatic carbocycles. The molecule has 0 aromatic heterocycles. The van der Waals surface area contributed by atoms with Gasteiger partial charge in [-0.15, -0.1) is 0 Å². The summed E-state index contributed by atoms with van der Waals surface area (Å²) in [6, 6.07) is 15.8.